The summed E-state index contributed by atoms with van der Waals surface area (Å²) in [6.07, 6.45) is 2.32. The fraction of sp³-hybridized carbons (Fsp3) is 0.545. The average molecular weight is 252 g/mol. The minimum Gasteiger partial charge on any atom is -0.339 e. The molecular formula is C11H16N4OS. The van der Waals surface area contributed by atoms with E-state index in [4.69, 9.17) is 10.3 Å². The molecule has 0 aliphatic rings. The first kappa shape index (κ1) is 12.2. The third kappa shape index (κ3) is 2.89. The SMILES string of the molecule is CC(C)(C)C(N)Cc1nc(-c2cncs2)no1. The first-order valence-electron chi connectivity index (χ1n) is 5.44. The molecule has 0 aromatic carbocycles. The fourth-order valence-electron chi connectivity index (χ4n) is 1.26. The first-order chi connectivity index (χ1) is 7.97. The lowest BCUT2D eigenvalue weighted by molar-refractivity contribution is 0.286. The van der Waals surface area contributed by atoms with Gasteiger partial charge in [0.2, 0.25) is 11.7 Å². The normalized spacial score (nSPS) is 13.9. The van der Waals surface area contributed by atoms with E-state index in [1.807, 2.05) is 0 Å². The third-order valence-corrected chi connectivity index (χ3v) is 3.40. The van der Waals surface area contributed by atoms with E-state index in [0.29, 0.717) is 18.1 Å². The molecule has 6 heteroatoms. The molecule has 5 nitrogen and oxygen atoms in total. The number of nitrogens with zero attached hydrogens (tertiary/aromatic N) is 3. The lowest BCUT2D eigenvalue weighted by Crippen LogP contribution is -2.36. The van der Waals surface area contributed by atoms with Crippen molar-refractivity contribution in [3.8, 4) is 10.7 Å². The molecule has 0 amide bonds. The predicted octanol–water partition coefficient (Wildman–Crippen LogP) is 2.11. The van der Waals surface area contributed by atoms with Crippen molar-refractivity contribution in [3.05, 3.63) is 17.6 Å². The second kappa shape index (κ2) is 4.54. The van der Waals surface area contributed by atoms with Gasteiger partial charge in [-0.1, -0.05) is 25.9 Å². The van der Waals surface area contributed by atoms with E-state index in [0.717, 1.165) is 4.88 Å². The molecule has 0 radical (unpaired) electrons. The summed E-state index contributed by atoms with van der Waals surface area (Å²) in [5.74, 6) is 1.17. The molecule has 2 rings (SSSR count). The van der Waals surface area contributed by atoms with E-state index in [2.05, 4.69) is 35.9 Å². The number of thiazole rings is 1. The van der Waals surface area contributed by atoms with Gasteiger partial charge in [-0.25, -0.2) is 0 Å². The molecule has 92 valence electrons. The number of aromatic nitrogens is 3. The quantitative estimate of drug-likeness (QED) is 0.905. The van der Waals surface area contributed by atoms with Crippen molar-refractivity contribution in [2.24, 2.45) is 11.1 Å². The van der Waals surface area contributed by atoms with Crippen LogP contribution in [0.3, 0.4) is 0 Å². The zero-order chi connectivity index (χ0) is 12.5. The zero-order valence-electron chi connectivity index (χ0n) is 10.2. The van der Waals surface area contributed by atoms with Crippen LogP contribution in [0.5, 0.6) is 0 Å². The van der Waals surface area contributed by atoms with Gasteiger partial charge in [-0.15, -0.1) is 11.3 Å². The van der Waals surface area contributed by atoms with E-state index >= 15 is 0 Å². The molecule has 2 heterocycles. The molecule has 2 aromatic heterocycles. The minimum atomic E-state index is -0.00254. The zero-order valence-corrected chi connectivity index (χ0v) is 11.0. The Morgan fingerprint density at radius 1 is 1.47 bits per heavy atom. The Bertz CT molecular complexity index is 472. The average Bonchev–Trinajstić information content (AvgIpc) is 2.83. The topological polar surface area (TPSA) is 77.8 Å². The highest BCUT2D eigenvalue weighted by Gasteiger charge is 2.23. The van der Waals surface area contributed by atoms with Gasteiger partial charge in [0.05, 0.1) is 10.4 Å². The van der Waals surface area contributed by atoms with Gasteiger partial charge in [0.25, 0.3) is 0 Å². The van der Waals surface area contributed by atoms with Crippen LogP contribution in [0.1, 0.15) is 26.7 Å². The molecule has 0 fully saturated rings. The van der Waals surface area contributed by atoms with Gasteiger partial charge in [0.15, 0.2) is 0 Å². The predicted molar refractivity (Wildman–Crippen MR) is 66.5 cm³/mol. The molecule has 2 N–H and O–H groups in total. The van der Waals surface area contributed by atoms with Crippen LogP contribution < -0.4 is 5.73 Å². The number of hydrogen-bond donors (Lipinski definition) is 1. The summed E-state index contributed by atoms with van der Waals surface area (Å²) >= 11 is 1.49. The maximum absolute atomic E-state index is 6.07. The molecule has 1 unspecified atom stereocenters. The van der Waals surface area contributed by atoms with Crippen molar-refractivity contribution in [1.82, 2.24) is 15.1 Å². The number of nitrogens with two attached hydrogens (primary N) is 1. The molecule has 0 aliphatic carbocycles. The van der Waals surface area contributed by atoms with E-state index in [-0.39, 0.29) is 11.5 Å². The summed E-state index contributed by atoms with van der Waals surface area (Å²) in [4.78, 5) is 9.21. The van der Waals surface area contributed by atoms with Gasteiger partial charge >= 0.3 is 0 Å². The largest absolute Gasteiger partial charge is 0.339 e. The molecular weight excluding hydrogens is 236 g/mol. The van der Waals surface area contributed by atoms with Gasteiger partial charge in [0, 0.05) is 18.7 Å². The Hall–Kier alpha value is -1.27. The first-order valence-corrected chi connectivity index (χ1v) is 6.32. The van der Waals surface area contributed by atoms with Gasteiger partial charge in [0.1, 0.15) is 0 Å². The highest BCUT2D eigenvalue weighted by molar-refractivity contribution is 7.13. The molecule has 1 atom stereocenters. The summed E-state index contributed by atoms with van der Waals surface area (Å²) < 4.78 is 5.19. The van der Waals surface area contributed by atoms with Crippen LogP contribution in [0, 0.1) is 5.41 Å². The molecule has 0 saturated heterocycles. The monoisotopic (exact) mass is 252 g/mol. The van der Waals surface area contributed by atoms with Crippen LogP contribution in [0.15, 0.2) is 16.2 Å². The highest BCUT2D eigenvalue weighted by Crippen LogP contribution is 2.23. The lowest BCUT2D eigenvalue weighted by Gasteiger charge is -2.25. The van der Waals surface area contributed by atoms with Crippen LogP contribution in [0.4, 0.5) is 0 Å². The van der Waals surface area contributed by atoms with E-state index in [1.54, 1.807) is 11.7 Å². The van der Waals surface area contributed by atoms with Gasteiger partial charge < -0.3 is 10.3 Å². The molecule has 2 aromatic rings. The third-order valence-electron chi connectivity index (χ3n) is 2.63. The number of hydrogen-bond acceptors (Lipinski definition) is 6. The summed E-state index contributed by atoms with van der Waals surface area (Å²) in [5, 5.41) is 3.92. The second-order valence-corrected chi connectivity index (χ2v) is 5.94. The van der Waals surface area contributed by atoms with Gasteiger partial charge in [-0.2, -0.15) is 4.98 Å². The Labute approximate surface area is 104 Å². The second-order valence-electron chi connectivity index (χ2n) is 5.05. The minimum absolute atomic E-state index is 0.00254. The van der Waals surface area contributed by atoms with Crippen molar-refractivity contribution in [3.63, 3.8) is 0 Å². The molecule has 17 heavy (non-hydrogen) atoms. The summed E-state index contributed by atoms with van der Waals surface area (Å²) in [7, 11) is 0. The van der Waals surface area contributed by atoms with E-state index in [9.17, 15) is 0 Å². The highest BCUT2D eigenvalue weighted by atomic mass is 32.1. The van der Waals surface area contributed by atoms with Crippen LogP contribution >= 0.6 is 11.3 Å². The maximum atomic E-state index is 6.07. The molecule has 0 aliphatic heterocycles. The van der Waals surface area contributed by atoms with Crippen molar-refractivity contribution < 1.29 is 4.52 Å². The van der Waals surface area contributed by atoms with E-state index in [1.165, 1.54) is 11.3 Å². The van der Waals surface area contributed by atoms with Crippen molar-refractivity contribution >= 4 is 11.3 Å². The Morgan fingerprint density at radius 2 is 2.24 bits per heavy atom. The summed E-state index contributed by atoms with van der Waals surface area (Å²) in [6, 6.07) is -0.00254. The van der Waals surface area contributed by atoms with E-state index < -0.39 is 0 Å². The smallest absolute Gasteiger partial charge is 0.228 e. The molecule has 0 bridgehead atoms. The van der Waals surface area contributed by atoms with Gasteiger partial charge in [-0.3, -0.25) is 4.98 Å². The van der Waals surface area contributed by atoms with Crippen LogP contribution in [0.25, 0.3) is 10.7 Å². The van der Waals surface area contributed by atoms with Crippen LogP contribution in [-0.2, 0) is 6.42 Å². The maximum Gasteiger partial charge on any atom is 0.228 e. The van der Waals surface area contributed by atoms with Crippen LogP contribution in [0.2, 0.25) is 0 Å². The van der Waals surface area contributed by atoms with Crippen LogP contribution in [-0.4, -0.2) is 21.2 Å². The molecule has 0 spiro atoms. The fourth-order valence-corrected chi connectivity index (χ4v) is 1.80. The number of rotatable bonds is 3. The Balaban J connectivity index is 2.09. The standard InChI is InChI=1S/C11H16N4OS/c1-11(2,3)8(12)4-9-14-10(15-16-9)7-5-13-6-17-7/h5-6,8H,4,12H2,1-3H3. The van der Waals surface area contributed by atoms with Crippen molar-refractivity contribution in [2.75, 3.05) is 0 Å². The Morgan fingerprint density at radius 3 is 2.82 bits per heavy atom. The Kier molecular flexibility index (Phi) is 3.26. The lowest BCUT2D eigenvalue weighted by atomic mass is 9.85. The molecule has 0 saturated carbocycles. The van der Waals surface area contributed by atoms with Crippen molar-refractivity contribution in [1.29, 1.82) is 0 Å². The summed E-state index contributed by atoms with van der Waals surface area (Å²) in [6.45, 7) is 6.29. The summed E-state index contributed by atoms with van der Waals surface area (Å²) in [5.41, 5.74) is 7.84. The van der Waals surface area contributed by atoms with Gasteiger partial charge in [-0.05, 0) is 5.41 Å². The van der Waals surface area contributed by atoms with Crippen molar-refractivity contribution in [2.45, 2.75) is 33.2 Å².